The molecule has 1 N–H and O–H groups in total. The third kappa shape index (κ3) is 5.46. The topological polar surface area (TPSA) is 104 Å². The fourth-order valence-electron chi connectivity index (χ4n) is 3.78. The van der Waals surface area contributed by atoms with Crippen molar-refractivity contribution in [1.29, 1.82) is 0 Å². The van der Waals surface area contributed by atoms with E-state index in [0.29, 0.717) is 12.1 Å². The summed E-state index contributed by atoms with van der Waals surface area (Å²) in [6, 6.07) is 9.48. The Hall–Kier alpha value is -4.27. The molecule has 3 aromatic heterocycles. The maximum atomic E-state index is 12.0. The first kappa shape index (κ1) is 25.4. The molecule has 35 heavy (non-hydrogen) atoms. The molecule has 0 spiro atoms. The lowest BCUT2D eigenvalue weighted by Crippen LogP contribution is -2.31. The Morgan fingerprint density at radius 2 is 1.91 bits per heavy atom. The van der Waals surface area contributed by atoms with Crippen LogP contribution in [-0.4, -0.2) is 52.7 Å². The van der Waals surface area contributed by atoms with Crippen LogP contribution in [0, 0.1) is 6.92 Å². The van der Waals surface area contributed by atoms with Crippen molar-refractivity contribution < 1.29 is 14.3 Å². The highest BCUT2D eigenvalue weighted by atomic mass is 16.5. The molecule has 0 saturated heterocycles. The number of ether oxygens (including phenoxy) is 1. The molecule has 4 rings (SSSR count). The van der Waals surface area contributed by atoms with Crippen LogP contribution in [0.5, 0.6) is 0 Å². The number of nitrogens with zero attached hydrogens (tertiary/aromatic N) is 5. The fourth-order valence-corrected chi connectivity index (χ4v) is 3.78. The number of pyridine rings is 2. The summed E-state index contributed by atoms with van der Waals surface area (Å²) in [5.74, 6) is -0.465. The van der Waals surface area contributed by atoms with Crippen LogP contribution in [0.15, 0.2) is 55.1 Å². The monoisotopic (exact) mass is 474 g/mol. The molecule has 1 amide bonds. The number of aryl methyl sites for hydroxylation is 1. The Bertz CT molecular complexity index is 1290. The highest BCUT2D eigenvalue weighted by Gasteiger charge is 2.20. The summed E-state index contributed by atoms with van der Waals surface area (Å²) in [6.45, 7) is 7.78. The maximum Gasteiger partial charge on any atom is 0.326 e. The summed E-state index contributed by atoms with van der Waals surface area (Å²) < 4.78 is 5.02. The molecular weight excluding hydrogens is 444 g/mol. The Morgan fingerprint density at radius 3 is 2.60 bits per heavy atom. The predicted octanol–water partition coefficient (Wildman–Crippen LogP) is 4.65. The maximum absolute atomic E-state index is 12.0. The number of hydrogen-bond acceptors (Lipinski definition) is 7. The van der Waals surface area contributed by atoms with Gasteiger partial charge in [0.2, 0.25) is 6.41 Å². The zero-order valence-electron chi connectivity index (χ0n) is 20.6. The normalized spacial score (nSPS) is 10.3. The minimum absolute atomic E-state index is 0.166. The second-order valence-corrected chi connectivity index (χ2v) is 7.46. The standard InChI is InChI=1S/C24H24N6O3.C2H6/c1-4-33-23(32)14-30(15-31)22-7-5-6-16(2)24(22)29(3)17-8-9-20(26-10-17)18-11-25-13-21-19(18)12-27-28-21;1-2/h5-13,15H,4,14H2,1-3H3,(H,27,28);1-2H3. The fraction of sp³-hybridized carbons (Fsp3) is 0.269. The first-order valence-corrected chi connectivity index (χ1v) is 11.5. The van der Waals surface area contributed by atoms with Crippen LogP contribution in [-0.2, 0) is 14.3 Å². The Morgan fingerprint density at radius 1 is 1.11 bits per heavy atom. The third-order valence-electron chi connectivity index (χ3n) is 5.37. The molecule has 0 fully saturated rings. The first-order chi connectivity index (χ1) is 17.0. The minimum Gasteiger partial charge on any atom is -0.465 e. The second-order valence-electron chi connectivity index (χ2n) is 7.46. The number of carbonyl (C=O) groups is 2. The van der Waals surface area contributed by atoms with Gasteiger partial charge in [-0.3, -0.25) is 24.7 Å². The van der Waals surface area contributed by atoms with Crippen LogP contribution >= 0.6 is 0 Å². The number of H-pyrrole nitrogens is 1. The van der Waals surface area contributed by atoms with Gasteiger partial charge in [0.25, 0.3) is 0 Å². The van der Waals surface area contributed by atoms with Gasteiger partial charge in [-0.2, -0.15) is 5.10 Å². The summed E-state index contributed by atoms with van der Waals surface area (Å²) >= 11 is 0. The molecule has 182 valence electrons. The Kier molecular flexibility index (Phi) is 8.50. The number of carbonyl (C=O) groups excluding carboxylic acids is 2. The average molecular weight is 475 g/mol. The number of hydrogen-bond donors (Lipinski definition) is 1. The summed E-state index contributed by atoms with van der Waals surface area (Å²) in [7, 11) is 1.90. The van der Waals surface area contributed by atoms with Crippen molar-refractivity contribution >= 4 is 40.3 Å². The summed E-state index contributed by atoms with van der Waals surface area (Å²) in [4.78, 5) is 36.0. The number of rotatable bonds is 8. The van der Waals surface area contributed by atoms with Crippen LogP contribution in [0.25, 0.3) is 22.2 Å². The lowest BCUT2D eigenvalue weighted by atomic mass is 10.1. The predicted molar refractivity (Wildman–Crippen MR) is 138 cm³/mol. The van der Waals surface area contributed by atoms with E-state index in [2.05, 4.69) is 20.2 Å². The number of aromatic nitrogens is 4. The van der Waals surface area contributed by atoms with E-state index in [4.69, 9.17) is 4.74 Å². The highest BCUT2D eigenvalue weighted by molar-refractivity contribution is 5.94. The zero-order chi connectivity index (χ0) is 25.4. The van der Waals surface area contributed by atoms with Gasteiger partial charge >= 0.3 is 5.97 Å². The molecule has 0 atom stereocenters. The van der Waals surface area contributed by atoms with Crippen molar-refractivity contribution in [2.24, 2.45) is 0 Å². The lowest BCUT2D eigenvalue weighted by molar-refractivity contribution is -0.141. The van der Waals surface area contributed by atoms with Crippen LogP contribution in [0.2, 0.25) is 0 Å². The lowest BCUT2D eigenvalue weighted by Gasteiger charge is -2.28. The van der Waals surface area contributed by atoms with Gasteiger partial charge in [-0.05, 0) is 37.6 Å². The molecule has 0 bridgehead atoms. The summed E-state index contributed by atoms with van der Waals surface area (Å²) in [5, 5.41) is 7.94. The molecule has 0 saturated carbocycles. The van der Waals surface area contributed by atoms with Crippen molar-refractivity contribution in [3.63, 3.8) is 0 Å². The molecule has 0 radical (unpaired) electrons. The molecule has 9 heteroatoms. The van der Waals surface area contributed by atoms with Crippen LogP contribution < -0.4 is 9.80 Å². The van der Waals surface area contributed by atoms with Crippen LogP contribution in [0.1, 0.15) is 26.3 Å². The van der Waals surface area contributed by atoms with E-state index in [1.807, 2.05) is 57.0 Å². The molecular formula is C26H30N6O3. The number of para-hydroxylation sites is 1. The molecule has 3 heterocycles. The highest BCUT2D eigenvalue weighted by Crippen LogP contribution is 2.36. The van der Waals surface area contributed by atoms with Crippen molar-refractivity contribution in [3.8, 4) is 11.3 Å². The number of anilines is 3. The van der Waals surface area contributed by atoms with E-state index in [0.717, 1.165) is 39.1 Å². The molecule has 0 aliphatic carbocycles. The van der Waals surface area contributed by atoms with Gasteiger partial charge in [0, 0.05) is 24.2 Å². The third-order valence-corrected chi connectivity index (χ3v) is 5.37. The van der Waals surface area contributed by atoms with Gasteiger partial charge in [-0.15, -0.1) is 0 Å². The van der Waals surface area contributed by atoms with Crippen LogP contribution in [0.4, 0.5) is 17.1 Å². The van der Waals surface area contributed by atoms with Gasteiger partial charge in [-0.1, -0.05) is 26.0 Å². The van der Waals surface area contributed by atoms with Gasteiger partial charge in [0.05, 0.1) is 53.5 Å². The van der Waals surface area contributed by atoms with Crippen molar-refractivity contribution in [3.05, 3.63) is 60.7 Å². The van der Waals surface area contributed by atoms with E-state index in [9.17, 15) is 9.59 Å². The number of amides is 1. The number of fused-ring (bicyclic) bond motifs is 1. The molecule has 0 aliphatic heterocycles. The smallest absolute Gasteiger partial charge is 0.326 e. The van der Waals surface area contributed by atoms with Crippen molar-refractivity contribution in [2.75, 3.05) is 30.0 Å². The molecule has 0 aliphatic rings. The summed E-state index contributed by atoms with van der Waals surface area (Å²) in [6.07, 6.45) is 7.65. The van der Waals surface area contributed by atoms with E-state index >= 15 is 0 Å². The minimum atomic E-state index is -0.465. The second kappa shape index (κ2) is 11.7. The SMILES string of the molecule is CC.CCOC(=O)CN(C=O)c1cccc(C)c1N(C)c1ccc(-c2cncc3[nH]ncc23)nc1. The van der Waals surface area contributed by atoms with E-state index in [1.54, 1.807) is 37.8 Å². The van der Waals surface area contributed by atoms with Gasteiger partial charge < -0.3 is 14.5 Å². The van der Waals surface area contributed by atoms with Gasteiger partial charge in [0.1, 0.15) is 6.54 Å². The van der Waals surface area contributed by atoms with E-state index in [1.165, 1.54) is 4.90 Å². The molecule has 1 aromatic carbocycles. The van der Waals surface area contributed by atoms with Crippen molar-refractivity contribution in [1.82, 2.24) is 20.2 Å². The Balaban J connectivity index is 0.00000167. The molecule has 0 unspecified atom stereocenters. The number of nitrogens with one attached hydrogen (secondary N) is 1. The van der Waals surface area contributed by atoms with E-state index < -0.39 is 5.97 Å². The summed E-state index contributed by atoms with van der Waals surface area (Å²) in [5.41, 5.74) is 5.67. The number of benzene rings is 1. The zero-order valence-corrected chi connectivity index (χ0v) is 20.6. The molecule has 9 nitrogen and oxygen atoms in total. The number of esters is 1. The van der Waals surface area contributed by atoms with Gasteiger partial charge in [0.15, 0.2) is 0 Å². The first-order valence-electron chi connectivity index (χ1n) is 11.5. The number of aromatic amines is 1. The molecule has 4 aromatic rings. The average Bonchev–Trinajstić information content (AvgIpc) is 3.37. The quantitative estimate of drug-likeness (QED) is 0.293. The largest absolute Gasteiger partial charge is 0.465 e. The Labute approximate surface area is 204 Å². The van der Waals surface area contributed by atoms with Crippen molar-refractivity contribution in [2.45, 2.75) is 27.7 Å². The van der Waals surface area contributed by atoms with E-state index in [-0.39, 0.29) is 13.2 Å². The van der Waals surface area contributed by atoms with Gasteiger partial charge in [-0.25, -0.2) is 0 Å². The van der Waals surface area contributed by atoms with Crippen LogP contribution in [0.3, 0.4) is 0 Å².